The Morgan fingerprint density at radius 3 is 2.25 bits per heavy atom. The van der Waals surface area contributed by atoms with Crippen LogP contribution in [-0.4, -0.2) is 10.8 Å². The van der Waals surface area contributed by atoms with Crippen molar-refractivity contribution in [2.75, 3.05) is 0 Å². The molecule has 0 N–H and O–H groups in total. The monoisotopic (exact) mass is 386 g/mol. The number of pyridine rings is 1. The van der Waals surface area contributed by atoms with Crippen LogP contribution in [0.5, 0.6) is 11.5 Å². The molecular weight excluding hydrogens is 376 g/mol. The molecule has 1 aromatic heterocycles. The van der Waals surface area contributed by atoms with Crippen LogP contribution in [0.2, 0.25) is 0 Å². The summed E-state index contributed by atoms with van der Waals surface area (Å²) in [5.41, 5.74) is -1.42. The summed E-state index contributed by atoms with van der Waals surface area (Å²) < 4.78 is 60.8. The number of benzene rings is 2. The summed E-state index contributed by atoms with van der Waals surface area (Å²) in [4.78, 5) is 15.6. The first-order chi connectivity index (χ1) is 13.3. The van der Waals surface area contributed by atoms with Crippen molar-refractivity contribution in [3.8, 4) is 17.6 Å². The van der Waals surface area contributed by atoms with Crippen LogP contribution in [0.4, 0.5) is 17.6 Å². The lowest BCUT2D eigenvalue weighted by Gasteiger charge is -2.15. The Hall–Kier alpha value is -3.73. The number of aromatic nitrogens is 1. The molecule has 3 rings (SSSR count). The van der Waals surface area contributed by atoms with E-state index in [4.69, 9.17) is 10.00 Å². The molecule has 0 fully saturated rings. The van der Waals surface area contributed by atoms with Crippen molar-refractivity contribution in [3.05, 3.63) is 89.2 Å². The highest BCUT2D eigenvalue weighted by Gasteiger charge is 2.44. The zero-order chi connectivity index (χ0) is 20.3. The summed E-state index contributed by atoms with van der Waals surface area (Å²) in [6.45, 7) is 0. The predicted molar refractivity (Wildman–Crippen MR) is 90.1 cm³/mol. The molecule has 3 aromatic rings. The van der Waals surface area contributed by atoms with Crippen LogP contribution in [0, 0.1) is 23.0 Å². The number of Topliss-reactive ketones (excluding diaryl/α,β-unsaturated/α-hetero) is 1. The molecule has 0 radical (unpaired) electrons. The van der Waals surface area contributed by atoms with Crippen molar-refractivity contribution < 1.29 is 27.1 Å². The van der Waals surface area contributed by atoms with Crippen molar-refractivity contribution in [3.63, 3.8) is 0 Å². The minimum absolute atomic E-state index is 0.115. The third kappa shape index (κ3) is 3.83. The van der Waals surface area contributed by atoms with Gasteiger partial charge in [-0.15, -0.1) is 0 Å². The molecule has 1 heterocycles. The standard InChI is InChI=1S/C20H10F4N2O2/c21-13-3-7-16(17(22)9-13)19(27)20(23,24)18-8-6-15(11-26-18)28-14-4-1-12(10-25)2-5-14/h1-9,11H. The summed E-state index contributed by atoms with van der Waals surface area (Å²) in [7, 11) is 0. The van der Waals surface area contributed by atoms with Crippen molar-refractivity contribution >= 4 is 5.78 Å². The van der Waals surface area contributed by atoms with Crippen LogP contribution < -0.4 is 4.74 Å². The number of nitrogens with zero attached hydrogens (tertiary/aromatic N) is 2. The van der Waals surface area contributed by atoms with Gasteiger partial charge in [-0.1, -0.05) is 0 Å². The molecule has 2 aromatic carbocycles. The van der Waals surface area contributed by atoms with E-state index in [1.807, 2.05) is 6.07 Å². The number of hydrogen-bond donors (Lipinski definition) is 0. The Kier molecular flexibility index (Phi) is 5.09. The first-order valence-corrected chi connectivity index (χ1v) is 7.83. The van der Waals surface area contributed by atoms with E-state index in [1.165, 1.54) is 30.3 Å². The zero-order valence-electron chi connectivity index (χ0n) is 14.0. The zero-order valence-corrected chi connectivity index (χ0v) is 14.0. The number of carbonyl (C=O) groups is 1. The minimum atomic E-state index is -4.12. The maximum atomic E-state index is 14.4. The van der Waals surface area contributed by atoms with E-state index >= 15 is 0 Å². The molecule has 0 unspecified atom stereocenters. The summed E-state index contributed by atoms with van der Waals surface area (Å²) >= 11 is 0. The SMILES string of the molecule is N#Cc1ccc(Oc2ccc(C(F)(F)C(=O)c3ccc(F)cc3F)nc2)cc1. The molecule has 8 heteroatoms. The van der Waals surface area contributed by atoms with Crippen molar-refractivity contribution in [1.29, 1.82) is 5.26 Å². The molecule has 140 valence electrons. The number of ether oxygens (including phenoxy) is 1. The molecule has 0 atom stereocenters. The molecule has 0 aliphatic rings. The van der Waals surface area contributed by atoms with Gasteiger partial charge < -0.3 is 4.74 Å². The topological polar surface area (TPSA) is 63.0 Å². The Bertz CT molecular complexity index is 1060. The second-order valence-corrected chi connectivity index (χ2v) is 5.65. The number of carbonyl (C=O) groups excluding carboxylic acids is 1. The maximum absolute atomic E-state index is 14.4. The lowest BCUT2D eigenvalue weighted by Crippen LogP contribution is -2.28. The van der Waals surface area contributed by atoms with Crippen LogP contribution in [0.15, 0.2) is 60.8 Å². The molecule has 0 aliphatic carbocycles. The normalized spacial score (nSPS) is 11.0. The number of alkyl halides is 2. The van der Waals surface area contributed by atoms with Crippen LogP contribution in [0.3, 0.4) is 0 Å². The second kappa shape index (κ2) is 7.48. The highest BCUT2D eigenvalue weighted by molar-refractivity contribution is 6.01. The predicted octanol–water partition coefficient (Wildman–Crippen LogP) is 5.00. The van der Waals surface area contributed by atoms with Crippen molar-refractivity contribution in [2.45, 2.75) is 5.92 Å². The molecule has 0 bridgehead atoms. The first-order valence-electron chi connectivity index (χ1n) is 7.83. The number of nitriles is 1. The average molecular weight is 386 g/mol. The number of halogens is 4. The molecule has 0 spiro atoms. The molecule has 4 nitrogen and oxygen atoms in total. The Morgan fingerprint density at radius 1 is 1.00 bits per heavy atom. The van der Waals surface area contributed by atoms with Gasteiger partial charge in [0, 0.05) is 6.07 Å². The number of hydrogen-bond acceptors (Lipinski definition) is 4. The van der Waals surface area contributed by atoms with Gasteiger partial charge in [-0.3, -0.25) is 9.78 Å². The molecule has 28 heavy (non-hydrogen) atoms. The number of rotatable bonds is 5. The summed E-state index contributed by atoms with van der Waals surface area (Å²) in [5, 5.41) is 8.74. The minimum Gasteiger partial charge on any atom is -0.456 e. The van der Waals surface area contributed by atoms with Gasteiger partial charge in [-0.2, -0.15) is 14.0 Å². The van der Waals surface area contributed by atoms with Crippen LogP contribution in [0.25, 0.3) is 0 Å². The summed E-state index contributed by atoms with van der Waals surface area (Å²) in [6, 6.07) is 11.8. The lowest BCUT2D eigenvalue weighted by molar-refractivity contribution is 0.00422. The fourth-order valence-electron chi connectivity index (χ4n) is 2.32. The van der Waals surface area contributed by atoms with Gasteiger partial charge in [-0.05, 0) is 48.5 Å². The third-order valence-corrected chi connectivity index (χ3v) is 3.74. The highest BCUT2D eigenvalue weighted by Crippen LogP contribution is 2.33. The lowest BCUT2D eigenvalue weighted by atomic mass is 10.0. The summed E-state index contributed by atoms with van der Waals surface area (Å²) in [5.74, 6) is -7.86. The van der Waals surface area contributed by atoms with E-state index in [-0.39, 0.29) is 5.75 Å². The van der Waals surface area contributed by atoms with E-state index in [1.54, 1.807) is 0 Å². The Labute approximate surface area is 156 Å². The smallest absolute Gasteiger partial charge is 0.351 e. The van der Waals surface area contributed by atoms with Crippen LogP contribution in [-0.2, 0) is 5.92 Å². The molecule has 0 saturated heterocycles. The van der Waals surface area contributed by atoms with Crippen LogP contribution in [0.1, 0.15) is 21.6 Å². The van der Waals surface area contributed by atoms with E-state index in [0.717, 1.165) is 12.3 Å². The maximum Gasteiger partial charge on any atom is 0.351 e. The Balaban J connectivity index is 1.80. The Morgan fingerprint density at radius 2 is 1.68 bits per heavy atom. The molecule has 0 amide bonds. The van der Waals surface area contributed by atoms with Crippen molar-refractivity contribution in [2.24, 2.45) is 0 Å². The second-order valence-electron chi connectivity index (χ2n) is 5.65. The van der Waals surface area contributed by atoms with Gasteiger partial charge in [-0.25, -0.2) is 8.78 Å². The van der Waals surface area contributed by atoms with Crippen molar-refractivity contribution in [1.82, 2.24) is 4.98 Å². The molecule has 0 aliphatic heterocycles. The van der Waals surface area contributed by atoms with Gasteiger partial charge >= 0.3 is 5.92 Å². The van der Waals surface area contributed by atoms with Gasteiger partial charge in [0.05, 0.1) is 23.4 Å². The summed E-state index contributed by atoms with van der Waals surface area (Å²) in [6.07, 6.45) is 0.982. The van der Waals surface area contributed by atoms with Gasteiger partial charge in [0.1, 0.15) is 28.8 Å². The third-order valence-electron chi connectivity index (χ3n) is 3.74. The first kappa shape index (κ1) is 19.0. The quantitative estimate of drug-likeness (QED) is 0.457. The van der Waals surface area contributed by atoms with E-state index in [0.29, 0.717) is 29.5 Å². The molecule has 0 saturated carbocycles. The average Bonchev–Trinajstić information content (AvgIpc) is 2.68. The van der Waals surface area contributed by atoms with Gasteiger partial charge in [0.15, 0.2) is 0 Å². The van der Waals surface area contributed by atoms with E-state index in [9.17, 15) is 22.4 Å². The van der Waals surface area contributed by atoms with Gasteiger partial charge in [0.2, 0.25) is 5.78 Å². The largest absolute Gasteiger partial charge is 0.456 e. The van der Waals surface area contributed by atoms with E-state index < -0.39 is 34.6 Å². The van der Waals surface area contributed by atoms with Gasteiger partial charge in [0.25, 0.3) is 0 Å². The fraction of sp³-hybridized carbons (Fsp3) is 0.0500. The van der Waals surface area contributed by atoms with Crippen LogP contribution >= 0.6 is 0 Å². The molecular formula is C20H10F4N2O2. The number of ketones is 1. The van der Waals surface area contributed by atoms with E-state index in [2.05, 4.69) is 4.98 Å². The highest BCUT2D eigenvalue weighted by atomic mass is 19.3. The fourth-order valence-corrected chi connectivity index (χ4v) is 2.32.